The Morgan fingerprint density at radius 3 is 2.64 bits per heavy atom. The third-order valence-electron chi connectivity index (χ3n) is 7.51. The summed E-state index contributed by atoms with van der Waals surface area (Å²) in [6.45, 7) is 2.14. The summed E-state index contributed by atoms with van der Waals surface area (Å²) in [7, 11) is 1.65. The molecule has 2 aromatic carbocycles. The number of rotatable bonds is 9. The molecule has 1 saturated heterocycles. The number of alkyl halides is 3. The molecule has 4 rings (SSSR count). The number of aromatic nitrogens is 1. The number of nitrogens with zero attached hydrogens (tertiary/aromatic N) is 2. The maximum atomic E-state index is 12.8. The molecule has 0 bridgehead atoms. The van der Waals surface area contributed by atoms with Crippen molar-refractivity contribution in [2.45, 2.75) is 44.7 Å². The molecule has 0 spiro atoms. The number of benzene rings is 2. The van der Waals surface area contributed by atoms with E-state index in [0.29, 0.717) is 24.4 Å². The van der Waals surface area contributed by atoms with Crippen LogP contribution in [0, 0.1) is 23.7 Å². The molecule has 2 unspecified atom stereocenters. The average Bonchev–Trinajstić information content (AvgIpc) is 2.92. The van der Waals surface area contributed by atoms with E-state index in [0.717, 1.165) is 67.6 Å². The second-order valence-electron chi connectivity index (χ2n) is 10.1. The smallest absolute Gasteiger partial charge is 0.416 e. The topological polar surface area (TPSA) is 62.7 Å². The van der Waals surface area contributed by atoms with Crippen molar-refractivity contribution < 1.29 is 27.8 Å². The molecule has 39 heavy (non-hydrogen) atoms. The molecule has 1 aromatic heterocycles. The Kier molecular flexibility index (Phi) is 9.47. The van der Waals surface area contributed by atoms with Gasteiger partial charge in [0.15, 0.2) is 0 Å². The van der Waals surface area contributed by atoms with Gasteiger partial charge in [-0.15, -0.1) is 0 Å². The fourth-order valence-electron chi connectivity index (χ4n) is 5.39. The summed E-state index contributed by atoms with van der Waals surface area (Å²) in [4.78, 5) is 18.0. The van der Waals surface area contributed by atoms with Crippen molar-refractivity contribution >= 4 is 16.9 Å². The first-order valence-electron chi connectivity index (χ1n) is 13.2. The minimum absolute atomic E-state index is 0.140. The number of carboxylic acids is 1. The van der Waals surface area contributed by atoms with Gasteiger partial charge in [-0.1, -0.05) is 11.8 Å². The molecular formula is C31H33F3N2O3. The minimum atomic E-state index is -4.36. The summed E-state index contributed by atoms with van der Waals surface area (Å²) in [6, 6.07) is 12.8. The highest BCUT2D eigenvalue weighted by atomic mass is 19.4. The monoisotopic (exact) mass is 538 g/mol. The molecule has 0 saturated carbocycles. The van der Waals surface area contributed by atoms with E-state index in [1.807, 2.05) is 24.4 Å². The van der Waals surface area contributed by atoms with Crippen molar-refractivity contribution in [2.24, 2.45) is 11.8 Å². The van der Waals surface area contributed by atoms with Crippen LogP contribution < -0.4 is 4.74 Å². The van der Waals surface area contributed by atoms with E-state index >= 15 is 0 Å². The number of ether oxygens (including phenoxy) is 1. The summed E-state index contributed by atoms with van der Waals surface area (Å²) in [5.41, 5.74) is 2.03. The van der Waals surface area contributed by atoms with Gasteiger partial charge in [0.2, 0.25) is 0 Å². The standard InChI is InChI=1S/C31H33F3N2O3/c1-39-27-12-13-29-28(20-27)24(15-17-35-29)6-2-5-23-16-19-36(21-25(23)9-14-30(37)38)18-3-4-22-7-10-26(11-8-22)31(32,33)34/h7-8,10-13,15,17,20,23,25H,2,5-6,9,14,16,18-19,21H2,1H3,(H,37,38). The van der Waals surface area contributed by atoms with Gasteiger partial charge in [-0.25, -0.2) is 0 Å². The lowest BCUT2D eigenvalue weighted by molar-refractivity contribution is -0.138. The minimum Gasteiger partial charge on any atom is -0.497 e. The van der Waals surface area contributed by atoms with E-state index in [1.165, 1.54) is 17.7 Å². The zero-order valence-corrected chi connectivity index (χ0v) is 22.0. The second kappa shape index (κ2) is 13.0. The zero-order valence-electron chi connectivity index (χ0n) is 22.0. The van der Waals surface area contributed by atoms with E-state index in [-0.39, 0.29) is 12.3 Å². The summed E-state index contributed by atoms with van der Waals surface area (Å²) in [5.74, 6) is 6.75. The fraction of sp³-hybridized carbons (Fsp3) is 0.419. The van der Waals surface area contributed by atoms with Crippen molar-refractivity contribution in [3.8, 4) is 17.6 Å². The fourth-order valence-corrected chi connectivity index (χ4v) is 5.39. The van der Waals surface area contributed by atoms with Crippen molar-refractivity contribution in [1.29, 1.82) is 0 Å². The summed E-state index contributed by atoms with van der Waals surface area (Å²) >= 11 is 0. The normalized spacial score (nSPS) is 17.9. The number of hydrogen-bond acceptors (Lipinski definition) is 4. The van der Waals surface area contributed by atoms with Crippen LogP contribution >= 0.6 is 0 Å². The third-order valence-corrected chi connectivity index (χ3v) is 7.51. The Hall–Kier alpha value is -3.57. The first kappa shape index (κ1) is 28.4. The van der Waals surface area contributed by atoms with Crippen LogP contribution in [0.5, 0.6) is 5.75 Å². The number of hydrogen-bond donors (Lipinski definition) is 1. The number of likely N-dealkylation sites (tertiary alicyclic amines) is 1. The lowest BCUT2D eigenvalue weighted by Gasteiger charge is -2.38. The number of carbonyl (C=O) groups is 1. The molecule has 1 N–H and O–H groups in total. The van der Waals surface area contributed by atoms with E-state index in [9.17, 15) is 23.1 Å². The zero-order chi connectivity index (χ0) is 27.8. The molecule has 2 atom stereocenters. The van der Waals surface area contributed by atoms with Gasteiger partial charge in [0, 0.05) is 30.1 Å². The van der Waals surface area contributed by atoms with Gasteiger partial charge in [-0.05, 0) is 105 Å². The Bertz CT molecular complexity index is 1330. The summed E-state index contributed by atoms with van der Waals surface area (Å²) in [6.07, 6.45) is 2.14. The molecule has 206 valence electrons. The Labute approximate surface area is 227 Å². The lowest BCUT2D eigenvalue weighted by Crippen LogP contribution is -2.41. The Morgan fingerprint density at radius 1 is 1.13 bits per heavy atom. The van der Waals surface area contributed by atoms with Crippen LogP contribution in [0.4, 0.5) is 13.2 Å². The van der Waals surface area contributed by atoms with Crippen molar-refractivity contribution in [3.05, 3.63) is 71.4 Å². The highest BCUT2D eigenvalue weighted by molar-refractivity contribution is 5.83. The molecule has 0 aliphatic carbocycles. The Balaban J connectivity index is 1.34. The quantitative estimate of drug-likeness (QED) is 0.318. The molecule has 5 nitrogen and oxygen atoms in total. The van der Waals surface area contributed by atoms with Crippen molar-refractivity contribution in [2.75, 3.05) is 26.7 Å². The molecule has 1 fully saturated rings. The van der Waals surface area contributed by atoms with Gasteiger partial charge in [0.05, 0.1) is 24.7 Å². The van der Waals surface area contributed by atoms with Crippen LogP contribution in [-0.4, -0.2) is 47.7 Å². The average molecular weight is 539 g/mol. The van der Waals surface area contributed by atoms with Gasteiger partial charge in [0.25, 0.3) is 0 Å². The highest BCUT2D eigenvalue weighted by Crippen LogP contribution is 2.32. The van der Waals surface area contributed by atoms with E-state index in [1.54, 1.807) is 7.11 Å². The van der Waals surface area contributed by atoms with Crippen LogP contribution in [-0.2, 0) is 17.4 Å². The number of piperidine rings is 1. The van der Waals surface area contributed by atoms with Crippen LogP contribution in [0.1, 0.15) is 48.8 Å². The Morgan fingerprint density at radius 2 is 1.92 bits per heavy atom. The van der Waals surface area contributed by atoms with Crippen LogP contribution in [0.15, 0.2) is 54.7 Å². The number of aryl methyl sites for hydroxylation is 1. The predicted molar refractivity (Wildman–Crippen MR) is 144 cm³/mol. The van der Waals surface area contributed by atoms with E-state index in [2.05, 4.69) is 27.8 Å². The van der Waals surface area contributed by atoms with Crippen LogP contribution in [0.2, 0.25) is 0 Å². The predicted octanol–water partition coefficient (Wildman–Crippen LogP) is 6.44. The molecule has 0 amide bonds. The van der Waals surface area contributed by atoms with Gasteiger partial charge < -0.3 is 9.84 Å². The van der Waals surface area contributed by atoms with Gasteiger partial charge in [0.1, 0.15) is 5.75 Å². The number of aliphatic carboxylic acids is 1. The number of carboxylic acid groups (broad SMARTS) is 1. The SMILES string of the molecule is COc1ccc2nccc(CCCC3CCN(CC#Cc4ccc(C(F)(F)F)cc4)CC3CCC(=O)O)c2c1. The first-order chi connectivity index (χ1) is 18.7. The largest absolute Gasteiger partial charge is 0.497 e. The lowest BCUT2D eigenvalue weighted by atomic mass is 9.79. The molecule has 8 heteroatoms. The van der Waals surface area contributed by atoms with Crippen molar-refractivity contribution in [1.82, 2.24) is 9.88 Å². The number of pyridine rings is 1. The summed E-state index contributed by atoms with van der Waals surface area (Å²) in [5, 5.41) is 10.4. The van der Waals surface area contributed by atoms with Crippen LogP contribution in [0.3, 0.4) is 0 Å². The van der Waals surface area contributed by atoms with Gasteiger partial charge in [-0.2, -0.15) is 13.2 Å². The van der Waals surface area contributed by atoms with Gasteiger partial charge in [-0.3, -0.25) is 14.7 Å². The van der Waals surface area contributed by atoms with E-state index in [4.69, 9.17) is 4.74 Å². The highest BCUT2D eigenvalue weighted by Gasteiger charge is 2.30. The number of fused-ring (bicyclic) bond motifs is 1. The number of halogens is 3. The molecule has 2 heterocycles. The molecular weight excluding hydrogens is 505 g/mol. The third kappa shape index (κ3) is 7.96. The summed E-state index contributed by atoms with van der Waals surface area (Å²) < 4.78 is 43.7. The van der Waals surface area contributed by atoms with Crippen LogP contribution in [0.25, 0.3) is 10.9 Å². The maximum absolute atomic E-state index is 12.8. The maximum Gasteiger partial charge on any atom is 0.416 e. The molecule has 0 radical (unpaired) electrons. The van der Waals surface area contributed by atoms with E-state index < -0.39 is 17.7 Å². The van der Waals surface area contributed by atoms with Gasteiger partial charge >= 0.3 is 12.1 Å². The second-order valence-corrected chi connectivity index (χ2v) is 10.1. The number of methoxy groups -OCH3 is 1. The van der Waals surface area contributed by atoms with Crippen molar-refractivity contribution in [3.63, 3.8) is 0 Å². The molecule has 3 aromatic rings. The first-order valence-corrected chi connectivity index (χ1v) is 13.2. The molecule has 1 aliphatic rings. The molecule has 1 aliphatic heterocycles.